The standard InChI is InChI=1S/C17H14F4N2O2/c18-13-6-4-11(5-7-13)9-15(24)23-14-3-1-2-12(8-14)10-22-16(25)17(19,20)21/h1-8H,9-10H2,(H,22,25)(H,23,24). The SMILES string of the molecule is O=C(Cc1ccc(F)cc1)Nc1cccc(CNC(=O)C(F)(F)F)c1. The molecule has 2 aromatic rings. The second-order valence-corrected chi connectivity index (χ2v) is 5.23. The molecule has 2 rings (SSSR count). The highest BCUT2D eigenvalue weighted by Crippen LogP contribution is 2.16. The summed E-state index contributed by atoms with van der Waals surface area (Å²) in [5, 5.41) is 4.35. The molecular weight excluding hydrogens is 340 g/mol. The molecule has 0 spiro atoms. The highest BCUT2D eigenvalue weighted by Gasteiger charge is 2.38. The fourth-order valence-electron chi connectivity index (χ4n) is 2.03. The van der Waals surface area contributed by atoms with Gasteiger partial charge in [-0.15, -0.1) is 0 Å². The van der Waals surface area contributed by atoms with Crippen molar-refractivity contribution in [2.45, 2.75) is 19.1 Å². The second kappa shape index (κ2) is 7.78. The lowest BCUT2D eigenvalue weighted by Gasteiger charge is -2.10. The molecule has 0 bridgehead atoms. The summed E-state index contributed by atoms with van der Waals surface area (Å²) in [5.74, 6) is -2.79. The molecule has 0 radical (unpaired) electrons. The Hall–Kier alpha value is -2.90. The number of benzene rings is 2. The Labute approximate surface area is 140 Å². The van der Waals surface area contributed by atoms with E-state index in [1.165, 1.54) is 36.4 Å². The van der Waals surface area contributed by atoms with Crippen LogP contribution in [-0.4, -0.2) is 18.0 Å². The predicted molar refractivity (Wildman–Crippen MR) is 83.1 cm³/mol. The molecule has 0 heterocycles. The fourth-order valence-corrected chi connectivity index (χ4v) is 2.03. The van der Waals surface area contributed by atoms with Crippen LogP contribution in [0.2, 0.25) is 0 Å². The summed E-state index contributed by atoms with van der Waals surface area (Å²) >= 11 is 0. The Morgan fingerprint density at radius 2 is 1.64 bits per heavy atom. The van der Waals surface area contributed by atoms with E-state index in [2.05, 4.69) is 5.32 Å². The number of amides is 2. The topological polar surface area (TPSA) is 58.2 Å². The quantitative estimate of drug-likeness (QED) is 0.811. The third kappa shape index (κ3) is 5.91. The van der Waals surface area contributed by atoms with Crippen LogP contribution in [0.15, 0.2) is 48.5 Å². The average molecular weight is 354 g/mol. The van der Waals surface area contributed by atoms with Crippen molar-refractivity contribution < 1.29 is 27.2 Å². The molecule has 0 fully saturated rings. The van der Waals surface area contributed by atoms with E-state index in [4.69, 9.17) is 0 Å². The number of halogens is 4. The van der Waals surface area contributed by atoms with E-state index < -0.39 is 17.9 Å². The Morgan fingerprint density at radius 1 is 0.960 bits per heavy atom. The number of hydrogen-bond acceptors (Lipinski definition) is 2. The minimum absolute atomic E-state index is 0.0231. The first-order valence-corrected chi connectivity index (χ1v) is 7.22. The second-order valence-electron chi connectivity index (χ2n) is 5.23. The molecule has 0 unspecified atom stereocenters. The van der Waals surface area contributed by atoms with E-state index in [-0.39, 0.29) is 18.9 Å². The van der Waals surface area contributed by atoms with Gasteiger partial charge in [0.2, 0.25) is 5.91 Å². The van der Waals surface area contributed by atoms with Gasteiger partial charge in [-0.05, 0) is 35.4 Å². The molecule has 0 atom stereocenters. The molecule has 2 N–H and O–H groups in total. The molecule has 25 heavy (non-hydrogen) atoms. The van der Waals surface area contributed by atoms with Gasteiger partial charge in [0.25, 0.3) is 0 Å². The van der Waals surface area contributed by atoms with E-state index in [9.17, 15) is 27.2 Å². The first-order valence-electron chi connectivity index (χ1n) is 7.22. The van der Waals surface area contributed by atoms with Gasteiger partial charge in [0, 0.05) is 12.2 Å². The molecule has 4 nitrogen and oxygen atoms in total. The van der Waals surface area contributed by atoms with E-state index in [1.807, 2.05) is 0 Å². The molecule has 2 aromatic carbocycles. The van der Waals surface area contributed by atoms with Gasteiger partial charge >= 0.3 is 12.1 Å². The number of nitrogens with one attached hydrogen (secondary N) is 2. The summed E-state index contributed by atoms with van der Waals surface area (Å²) in [7, 11) is 0. The molecular formula is C17H14F4N2O2. The van der Waals surface area contributed by atoms with Crippen LogP contribution in [0.4, 0.5) is 23.2 Å². The number of carbonyl (C=O) groups is 2. The Balaban J connectivity index is 1.93. The van der Waals surface area contributed by atoms with Crippen LogP contribution < -0.4 is 10.6 Å². The molecule has 0 aromatic heterocycles. The van der Waals surface area contributed by atoms with E-state index >= 15 is 0 Å². The van der Waals surface area contributed by atoms with E-state index in [0.29, 0.717) is 16.8 Å². The lowest BCUT2D eigenvalue weighted by molar-refractivity contribution is -0.173. The normalized spacial score (nSPS) is 11.0. The minimum Gasteiger partial charge on any atom is -0.344 e. The maximum atomic E-state index is 12.8. The summed E-state index contributed by atoms with van der Waals surface area (Å²) in [4.78, 5) is 22.7. The van der Waals surface area contributed by atoms with E-state index in [0.717, 1.165) is 0 Å². The molecule has 0 saturated carbocycles. The molecule has 0 saturated heterocycles. The summed E-state index contributed by atoms with van der Waals surface area (Å²) in [5.41, 5.74) is 1.40. The summed E-state index contributed by atoms with van der Waals surface area (Å²) in [6.07, 6.45) is -4.92. The predicted octanol–water partition coefficient (Wildman–Crippen LogP) is 3.19. The van der Waals surface area contributed by atoms with Crippen molar-refractivity contribution in [2.24, 2.45) is 0 Å². The Kier molecular flexibility index (Phi) is 5.74. The van der Waals surface area contributed by atoms with Gasteiger partial charge in [0.15, 0.2) is 0 Å². The summed E-state index contributed by atoms with van der Waals surface area (Å²) in [6.45, 7) is -0.319. The van der Waals surface area contributed by atoms with Gasteiger partial charge in [0.1, 0.15) is 5.82 Å². The van der Waals surface area contributed by atoms with Crippen LogP contribution >= 0.6 is 0 Å². The van der Waals surface area contributed by atoms with Crippen LogP contribution in [0.25, 0.3) is 0 Å². The molecule has 0 aliphatic rings. The molecule has 8 heteroatoms. The van der Waals surface area contributed by atoms with Crippen LogP contribution in [0, 0.1) is 5.82 Å². The van der Waals surface area contributed by atoms with Gasteiger partial charge in [-0.1, -0.05) is 24.3 Å². The fraction of sp³-hybridized carbons (Fsp3) is 0.176. The lowest BCUT2D eigenvalue weighted by Crippen LogP contribution is -2.36. The van der Waals surface area contributed by atoms with Crippen LogP contribution in [-0.2, 0) is 22.6 Å². The van der Waals surface area contributed by atoms with Crippen LogP contribution in [0.5, 0.6) is 0 Å². The van der Waals surface area contributed by atoms with Crippen molar-refractivity contribution in [1.82, 2.24) is 5.32 Å². The molecule has 0 aliphatic carbocycles. The van der Waals surface area contributed by atoms with Crippen molar-refractivity contribution in [3.63, 3.8) is 0 Å². The zero-order chi connectivity index (χ0) is 18.4. The zero-order valence-corrected chi connectivity index (χ0v) is 12.9. The maximum Gasteiger partial charge on any atom is 0.471 e. The number of alkyl halides is 3. The average Bonchev–Trinajstić information content (AvgIpc) is 2.54. The smallest absolute Gasteiger partial charge is 0.344 e. The summed E-state index contributed by atoms with van der Waals surface area (Å²) in [6, 6.07) is 11.5. The van der Waals surface area contributed by atoms with Gasteiger partial charge < -0.3 is 10.6 Å². The van der Waals surface area contributed by atoms with Crippen LogP contribution in [0.3, 0.4) is 0 Å². The van der Waals surface area contributed by atoms with Gasteiger partial charge in [-0.25, -0.2) is 4.39 Å². The highest BCUT2D eigenvalue weighted by atomic mass is 19.4. The van der Waals surface area contributed by atoms with Crippen molar-refractivity contribution in [3.8, 4) is 0 Å². The zero-order valence-electron chi connectivity index (χ0n) is 12.9. The van der Waals surface area contributed by atoms with Gasteiger partial charge in [0.05, 0.1) is 6.42 Å². The highest BCUT2D eigenvalue weighted by molar-refractivity contribution is 5.92. The Bertz CT molecular complexity index is 758. The van der Waals surface area contributed by atoms with Crippen LogP contribution in [0.1, 0.15) is 11.1 Å². The van der Waals surface area contributed by atoms with Crippen molar-refractivity contribution in [2.75, 3.05) is 5.32 Å². The van der Waals surface area contributed by atoms with Gasteiger partial charge in [-0.2, -0.15) is 13.2 Å². The molecule has 2 amide bonds. The minimum atomic E-state index is -4.94. The van der Waals surface area contributed by atoms with Crippen molar-refractivity contribution in [1.29, 1.82) is 0 Å². The number of anilines is 1. The third-order valence-electron chi connectivity index (χ3n) is 3.20. The molecule has 132 valence electrons. The monoisotopic (exact) mass is 354 g/mol. The number of rotatable bonds is 5. The first-order chi connectivity index (χ1) is 11.7. The number of hydrogen-bond donors (Lipinski definition) is 2. The maximum absolute atomic E-state index is 12.8. The van der Waals surface area contributed by atoms with Crippen molar-refractivity contribution in [3.05, 3.63) is 65.5 Å². The summed E-state index contributed by atoms with van der Waals surface area (Å²) < 4.78 is 49.2. The lowest BCUT2D eigenvalue weighted by atomic mass is 10.1. The Morgan fingerprint density at radius 3 is 2.28 bits per heavy atom. The third-order valence-corrected chi connectivity index (χ3v) is 3.20. The largest absolute Gasteiger partial charge is 0.471 e. The number of carbonyl (C=O) groups excluding carboxylic acids is 2. The molecule has 0 aliphatic heterocycles. The van der Waals surface area contributed by atoms with Crippen molar-refractivity contribution >= 4 is 17.5 Å². The first kappa shape index (κ1) is 18.4. The van der Waals surface area contributed by atoms with E-state index in [1.54, 1.807) is 17.4 Å². The van der Waals surface area contributed by atoms with Gasteiger partial charge in [-0.3, -0.25) is 9.59 Å².